The average molecular weight is 419 g/mol. The van der Waals surface area contributed by atoms with Gasteiger partial charge in [-0.25, -0.2) is 4.79 Å². The van der Waals surface area contributed by atoms with Crippen LogP contribution >= 0.6 is 0 Å². The van der Waals surface area contributed by atoms with Gasteiger partial charge in [0.1, 0.15) is 0 Å². The first-order valence-corrected chi connectivity index (χ1v) is 9.82. The Bertz CT molecular complexity index is 1020. The molecule has 3 amide bonds. The van der Waals surface area contributed by atoms with Crippen molar-refractivity contribution in [2.75, 3.05) is 30.2 Å². The number of para-hydroxylation sites is 2. The third kappa shape index (κ3) is 6.24. The highest BCUT2D eigenvalue weighted by Crippen LogP contribution is 2.31. The van der Waals surface area contributed by atoms with E-state index in [1.165, 1.54) is 0 Å². The molecule has 0 fully saturated rings. The van der Waals surface area contributed by atoms with Crippen LogP contribution in [0.15, 0.2) is 72.8 Å². The number of nitrogens with one attached hydrogen (secondary N) is 3. The lowest BCUT2D eigenvalue weighted by Crippen LogP contribution is -2.19. The summed E-state index contributed by atoms with van der Waals surface area (Å²) in [6.07, 6.45) is 0.814. The largest absolute Gasteiger partial charge is 0.493 e. The molecule has 31 heavy (non-hydrogen) atoms. The van der Waals surface area contributed by atoms with Crippen molar-refractivity contribution >= 4 is 29.0 Å². The van der Waals surface area contributed by atoms with Gasteiger partial charge in [0.15, 0.2) is 11.5 Å². The van der Waals surface area contributed by atoms with Gasteiger partial charge in [0.05, 0.1) is 14.2 Å². The van der Waals surface area contributed by atoms with Gasteiger partial charge in [-0.05, 0) is 54.4 Å². The van der Waals surface area contributed by atoms with Crippen LogP contribution < -0.4 is 25.4 Å². The summed E-state index contributed by atoms with van der Waals surface area (Å²) in [6.45, 7) is 0. The number of hydrogen-bond donors (Lipinski definition) is 3. The van der Waals surface area contributed by atoms with E-state index in [-0.39, 0.29) is 11.9 Å². The minimum atomic E-state index is -0.338. The summed E-state index contributed by atoms with van der Waals surface area (Å²) in [6, 6.07) is 21.4. The Balaban J connectivity index is 1.50. The molecule has 7 heteroatoms. The Morgan fingerprint density at radius 1 is 0.710 bits per heavy atom. The summed E-state index contributed by atoms with van der Waals surface area (Å²) in [7, 11) is 3.16. The number of anilines is 3. The second-order valence-electron chi connectivity index (χ2n) is 6.72. The molecule has 3 aromatic rings. The van der Waals surface area contributed by atoms with Gasteiger partial charge in [-0.15, -0.1) is 0 Å². The molecule has 3 N–H and O–H groups in total. The van der Waals surface area contributed by atoms with Crippen LogP contribution in [0.2, 0.25) is 0 Å². The van der Waals surface area contributed by atoms with Crippen molar-refractivity contribution in [2.45, 2.75) is 12.8 Å². The van der Waals surface area contributed by atoms with E-state index in [4.69, 9.17) is 9.47 Å². The lowest BCUT2D eigenvalue weighted by atomic mass is 10.1. The monoisotopic (exact) mass is 419 g/mol. The van der Waals surface area contributed by atoms with Gasteiger partial charge in [-0.2, -0.15) is 0 Å². The van der Waals surface area contributed by atoms with Crippen molar-refractivity contribution in [1.82, 2.24) is 0 Å². The van der Waals surface area contributed by atoms with Crippen LogP contribution in [0.25, 0.3) is 0 Å². The van der Waals surface area contributed by atoms with Crippen LogP contribution in [-0.2, 0) is 11.2 Å². The molecular formula is C24H25N3O4. The first kappa shape index (κ1) is 21.7. The second-order valence-corrected chi connectivity index (χ2v) is 6.72. The molecule has 0 bridgehead atoms. The van der Waals surface area contributed by atoms with Gasteiger partial charge < -0.3 is 25.4 Å². The highest BCUT2D eigenvalue weighted by molar-refractivity contribution is 6.00. The maximum absolute atomic E-state index is 12.3. The maximum atomic E-state index is 12.3. The van der Waals surface area contributed by atoms with Gasteiger partial charge in [-0.1, -0.05) is 30.3 Å². The van der Waals surface area contributed by atoms with Crippen LogP contribution in [0.5, 0.6) is 11.5 Å². The van der Waals surface area contributed by atoms with Crippen molar-refractivity contribution in [3.63, 3.8) is 0 Å². The van der Waals surface area contributed by atoms with E-state index in [0.717, 1.165) is 5.56 Å². The maximum Gasteiger partial charge on any atom is 0.323 e. The van der Waals surface area contributed by atoms with E-state index >= 15 is 0 Å². The Labute approximate surface area is 181 Å². The second kappa shape index (κ2) is 10.7. The summed E-state index contributed by atoms with van der Waals surface area (Å²) < 4.78 is 10.7. The number of methoxy groups -OCH3 is 2. The van der Waals surface area contributed by atoms with Gasteiger partial charge in [0.2, 0.25) is 5.91 Å². The number of carbonyl (C=O) groups excluding carboxylic acids is 2. The first-order chi connectivity index (χ1) is 15.1. The minimum Gasteiger partial charge on any atom is -0.493 e. The SMILES string of the molecule is COc1cccc(CCC(=O)Nc2ccc(NC(=O)Nc3ccccc3)cc2)c1OC. The Morgan fingerprint density at radius 3 is 1.94 bits per heavy atom. The van der Waals surface area contributed by atoms with Crippen molar-refractivity contribution in [3.05, 3.63) is 78.4 Å². The highest BCUT2D eigenvalue weighted by atomic mass is 16.5. The Morgan fingerprint density at radius 2 is 1.32 bits per heavy atom. The van der Waals surface area contributed by atoms with Crippen molar-refractivity contribution in [2.24, 2.45) is 0 Å². The molecule has 0 spiro atoms. The van der Waals surface area contributed by atoms with E-state index in [9.17, 15) is 9.59 Å². The first-order valence-electron chi connectivity index (χ1n) is 9.82. The zero-order chi connectivity index (χ0) is 22.1. The molecule has 7 nitrogen and oxygen atoms in total. The number of aryl methyl sites for hydroxylation is 1. The van der Waals surface area contributed by atoms with Gasteiger partial charge >= 0.3 is 6.03 Å². The zero-order valence-electron chi connectivity index (χ0n) is 17.5. The minimum absolute atomic E-state index is 0.118. The molecular weight excluding hydrogens is 394 g/mol. The quantitative estimate of drug-likeness (QED) is 0.484. The molecule has 0 atom stereocenters. The lowest BCUT2D eigenvalue weighted by molar-refractivity contribution is -0.116. The molecule has 0 heterocycles. The fourth-order valence-corrected chi connectivity index (χ4v) is 3.07. The number of benzene rings is 3. The number of amides is 3. The number of carbonyl (C=O) groups is 2. The van der Waals surface area contributed by atoms with E-state index in [2.05, 4.69) is 16.0 Å². The molecule has 0 saturated carbocycles. The summed E-state index contributed by atoms with van der Waals surface area (Å²) in [4.78, 5) is 24.4. The molecule has 0 aliphatic carbocycles. The number of hydrogen-bond acceptors (Lipinski definition) is 4. The third-order valence-corrected chi connectivity index (χ3v) is 4.56. The fourth-order valence-electron chi connectivity index (χ4n) is 3.07. The Kier molecular flexibility index (Phi) is 7.48. The number of ether oxygens (including phenoxy) is 2. The molecule has 0 aliphatic rings. The standard InChI is InChI=1S/C24H25N3O4/c1-30-21-10-6-7-17(23(21)31-2)11-16-22(28)25-19-12-14-20(15-13-19)27-24(29)26-18-8-4-3-5-9-18/h3-10,12-15H,11,16H2,1-2H3,(H,25,28)(H2,26,27,29). The van der Waals surface area contributed by atoms with Crippen LogP contribution in [0, 0.1) is 0 Å². The molecule has 0 radical (unpaired) electrons. The van der Waals surface area contributed by atoms with Crippen molar-refractivity contribution in [1.29, 1.82) is 0 Å². The van der Waals surface area contributed by atoms with Crippen LogP contribution in [0.3, 0.4) is 0 Å². The molecule has 0 saturated heterocycles. The van der Waals surface area contributed by atoms with E-state index < -0.39 is 0 Å². The highest BCUT2D eigenvalue weighted by Gasteiger charge is 2.11. The summed E-state index contributed by atoms with van der Waals surface area (Å²) >= 11 is 0. The van der Waals surface area contributed by atoms with E-state index in [1.54, 1.807) is 50.6 Å². The van der Waals surface area contributed by atoms with Crippen molar-refractivity contribution < 1.29 is 19.1 Å². The molecule has 3 aromatic carbocycles. The van der Waals surface area contributed by atoms with Gasteiger partial charge in [0.25, 0.3) is 0 Å². The number of urea groups is 1. The Hall–Kier alpha value is -4.00. The van der Waals surface area contributed by atoms with Crippen LogP contribution in [0.4, 0.5) is 21.9 Å². The predicted octanol–water partition coefficient (Wildman–Crippen LogP) is 4.92. The summed E-state index contributed by atoms with van der Waals surface area (Å²) in [5.74, 6) is 1.16. The summed E-state index contributed by atoms with van der Waals surface area (Å²) in [5, 5.41) is 8.36. The van der Waals surface area contributed by atoms with Crippen LogP contribution in [0.1, 0.15) is 12.0 Å². The van der Waals surface area contributed by atoms with Gasteiger partial charge in [0, 0.05) is 23.5 Å². The molecule has 0 aromatic heterocycles. The van der Waals surface area contributed by atoms with E-state index in [0.29, 0.717) is 41.4 Å². The smallest absolute Gasteiger partial charge is 0.323 e. The average Bonchev–Trinajstić information content (AvgIpc) is 2.79. The van der Waals surface area contributed by atoms with Crippen LogP contribution in [-0.4, -0.2) is 26.2 Å². The molecule has 0 aliphatic heterocycles. The molecule has 160 valence electrons. The topological polar surface area (TPSA) is 88.7 Å². The third-order valence-electron chi connectivity index (χ3n) is 4.56. The normalized spacial score (nSPS) is 10.1. The lowest BCUT2D eigenvalue weighted by Gasteiger charge is -2.12. The zero-order valence-corrected chi connectivity index (χ0v) is 17.5. The van der Waals surface area contributed by atoms with Gasteiger partial charge in [-0.3, -0.25) is 4.79 Å². The summed E-state index contributed by atoms with van der Waals surface area (Å²) in [5.41, 5.74) is 2.88. The number of rotatable bonds is 8. The molecule has 3 rings (SSSR count). The van der Waals surface area contributed by atoms with E-state index in [1.807, 2.05) is 36.4 Å². The molecule has 0 unspecified atom stereocenters. The fraction of sp³-hybridized carbons (Fsp3) is 0.167. The van der Waals surface area contributed by atoms with Crippen molar-refractivity contribution in [3.8, 4) is 11.5 Å². The predicted molar refractivity (Wildman–Crippen MR) is 122 cm³/mol.